The number of hydrogen-bond donors (Lipinski definition) is 3. The molecule has 2 amide bonds. The van der Waals surface area contributed by atoms with E-state index in [1.54, 1.807) is 0 Å². The van der Waals surface area contributed by atoms with E-state index in [1.807, 2.05) is 61.7 Å². The number of aliphatic carboxylic acids is 1. The van der Waals surface area contributed by atoms with Gasteiger partial charge in [0.15, 0.2) is 0 Å². The largest absolute Gasteiger partial charge is 0.490 e. The van der Waals surface area contributed by atoms with Crippen LogP contribution in [0, 0.1) is 6.92 Å². The third kappa shape index (κ3) is 7.48. The van der Waals surface area contributed by atoms with E-state index in [4.69, 9.17) is 21.5 Å². The second kappa shape index (κ2) is 11.3. The van der Waals surface area contributed by atoms with Crippen LogP contribution in [0.3, 0.4) is 0 Å². The maximum Gasteiger partial charge on any atom is 0.490 e. The number of urea groups is 1. The quantitative estimate of drug-likeness (QED) is 0.427. The molecule has 0 atom stereocenters. The zero-order valence-corrected chi connectivity index (χ0v) is 19.5. The number of carbonyl (C=O) groups excluding carboxylic acids is 1. The Bertz CT molecular complexity index is 1180. The van der Waals surface area contributed by atoms with E-state index < -0.39 is 12.1 Å². The first-order chi connectivity index (χ1) is 16.5. The molecule has 3 aromatic rings. The molecular weight excluding hydrogens is 485 g/mol. The van der Waals surface area contributed by atoms with Crippen LogP contribution in [0.5, 0.6) is 0 Å². The van der Waals surface area contributed by atoms with E-state index in [0.717, 1.165) is 42.5 Å². The number of benzene rings is 2. The first kappa shape index (κ1) is 26.1. The van der Waals surface area contributed by atoms with Gasteiger partial charge in [-0.1, -0.05) is 29.3 Å². The van der Waals surface area contributed by atoms with Gasteiger partial charge in [-0.2, -0.15) is 13.2 Å². The molecule has 1 fully saturated rings. The summed E-state index contributed by atoms with van der Waals surface area (Å²) in [7, 11) is 0. The number of carbonyl (C=O) groups is 2. The molecule has 0 spiro atoms. The molecule has 35 heavy (non-hydrogen) atoms. The highest BCUT2D eigenvalue weighted by atomic mass is 35.5. The topological polar surface area (TPSA) is 94.6 Å². The van der Waals surface area contributed by atoms with Crippen LogP contribution < -0.4 is 15.5 Å². The minimum Gasteiger partial charge on any atom is -0.475 e. The molecule has 2 aromatic carbocycles. The summed E-state index contributed by atoms with van der Waals surface area (Å²) in [5.74, 6) is -2.76. The first-order valence-corrected chi connectivity index (χ1v) is 11.1. The average Bonchev–Trinajstić information content (AvgIpc) is 2.80. The molecule has 2 heterocycles. The van der Waals surface area contributed by atoms with Gasteiger partial charge in [-0.25, -0.2) is 9.59 Å². The van der Waals surface area contributed by atoms with Gasteiger partial charge in [-0.05, 0) is 56.2 Å². The number of fused-ring (bicyclic) bond motifs is 1. The molecule has 1 aliphatic heterocycles. The van der Waals surface area contributed by atoms with E-state index >= 15 is 0 Å². The highest BCUT2D eigenvalue weighted by Gasteiger charge is 2.38. The van der Waals surface area contributed by atoms with Crippen molar-refractivity contribution in [3.8, 4) is 0 Å². The lowest BCUT2D eigenvalue weighted by Crippen LogP contribution is -2.46. The summed E-state index contributed by atoms with van der Waals surface area (Å²) >= 11 is 6.09. The number of hydrogen-bond acceptors (Lipinski definition) is 4. The van der Waals surface area contributed by atoms with E-state index in [1.165, 1.54) is 11.3 Å². The number of carboxylic acids is 1. The van der Waals surface area contributed by atoms with Crippen molar-refractivity contribution in [3.63, 3.8) is 0 Å². The van der Waals surface area contributed by atoms with E-state index in [9.17, 15) is 18.0 Å². The number of pyridine rings is 1. The number of nitrogens with one attached hydrogen (secondary N) is 2. The number of nitrogens with zero attached hydrogens (tertiary/aromatic N) is 2. The van der Waals surface area contributed by atoms with Crippen LogP contribution in [0.2, 0.25) is 5.02 Å². The summed E-state index contributed by atoms with van der Waals surface area (Å²) < 4.78 is 31.7. The normalized spacial score (nSPS) is 14.1. The Morgan fingerprint density at radius 2 is 1.71 bits per heavy atom. The molecule has 7 nitrogen and oxygen atoms in total. The van der Waals surface area contributed by atoms with Gasteiger partial charge in [0, 0.05) is 47.1 Å². The third-order valence-electron chi connectivity index (χ3n) is 5.40. The Kier molecular flexibility index (Phi) is 8.39. The monoisotopic (exact) mass is 508 g/mol. The van der Waals surface area contributed by atoms with Crippen molar-refractivity contribution in [3.05, 3.63) is 65.3 Å². The van der Waals surface area contributed by atoms with Gasteiger partial charge in [-0.3, -0.25) is 4.98 Å². The summed E-state index contributed by atoms with van der Waals surface area (Å²) in [5.41, 5.74) is 4.05. The second-order valence-corrected chi connectivity index (χ2v) is 8.46. The van der Waals surface area contributed by atoms with Crippen molar-refractivity contribution in [2.75, 3.05) is 23.3 Å². The lowest BCUT2D eigenvalue weighted by Gasteiger charge is -2.34. The van der Waals surface area contributed by atoms with Crippen molar-refractivity contribution in [1.82, 2.24) is 10.3 Å². The smallest absolute Gasteiger partial charge is 0.475 e. The standard InChI is InChI=1S/C22H23ClN4O.C2HF3O2/c1-15-2-5-17(6-3-15)25-22(28)26-18-9-12-27(13-10-18)21-8-11-24-20-14-16(23)4-7-19(20)21;3-2(4,5)1(6)7/h2-8,11,14,18H,9-10,12-13H2,1H3,(H2,25,26,28);(H,6,7). The van der Waals surface area contributed by atoms with Gasteiger partial charge < -0.3 is 20.6 Å². The summed E-state index contributed by atoms with van der Waals surface area (Å²) in [4.78, 5) is 27.9. The Balaban J connectivity index is 0.000000429. The molecule has 4 rings (SSSR count). The van der Waals surface area contributed by atoms with Crippen molar-refractivity contribution in [2.45, 2.75) is 32.0 Å². The Hall–Kier alpha value is -3.53. The molecule has 11 heteroatoms. The predicted molar refractivity (Wildman–Crippen MR) is 129 cm³/mol. The highest BCUT2D eigenvalue weighted by Crippen LogP contribution is 2.29. The van der Waals surface area contributed by atoms with Gasteiger partial charge >= 0.3 is 18.2 Å². The molecule has 0 unspecified atom stereocenters. The lowest BCUT2D eigenvalue weighted by molar-refractivity contribution is -0.192. The molecule has 0 radical (unpaired) electrons. The van der Waals surface area contributed by atoms with Crippen LogP contribution in [0.4, 0.5) is 29.3 Å². The summed E-state index contributed by atoms with van der Waals surface area (Å²) in [6.07, 6.45) is -1.45. The van der Waals surface area contributed by atoms with Crippen molar-refractivity contribution in [1.29, 1.82) is 0 Å². The number of anilines is 2. The van der Waals surface area contributed by atoms with Gasteiger partial charge in [0.05, 0.1) is 5.52 Å². The number of aromatic nitrogens is 1. The second-order valence-electron chi connectivity index (χ2n) is 8.02. The van der Waals surface area contributed by atoms with Crippen LogP contribution >= 0.6 is 11.6 Å². The summed E-state index contributed by atoms with van der Waals surface area (Å²) in [5, 5.41) is 14.9. The number of halogens is 4. The van der Waals surface area contributed by atoms with Gasteiger partial charge in [0.1, 0.15) is 0 Å². The Morgan fingerprint density at radius 1 is 1.09 bits per heavy atom. The number of alkyl halides is 3. The molecule has 0 aliphatic carbocycles. The number of amides is 2. The molecule has 1 aliphatic rings. The van der Waals surface area contributed by atoms with Gasteiger partial charge in [-0.15, -0.1) is 0 Å². The minimum atomic E-state index is -5.08. The van der Waals surface area contributed by atoms with E-state index in [0.29, 0.717) is 5.02 Å². The fraction of sp³-hybridized carbons (Fsp3) is 0.292. The molecular formula is C24H24ClF3N4O3. The summed E-state index contributed by atoms with van der Waals surface area (Å²) in [6.45, 7) is 3.80. The van der Waals surface area contributed by atoms with Crippen LogP contribution in [-0.4, -0.2) is 47.4 Å². The maximum atomic E-state index is 12.3. The van der Waals surface area contributed by atoms with Crippen molar-refractivity contribution < 1.29 is 27.9 Å². The number of piperidine rings is 1. The highest BCUT2D eigenvalue weighted by molar-refractivity contribution is 6.31. The van der Waals surface area contributed by atoms with E-state index in [2.05, 4.69) is 20.5 Å². The zero-order chi connectivity index (χ0) is 25.6. The Morgan fingerprint density at radius 3 is 2.31 bits per heavy atom. The maximum absolute atomic E-state index is 12.3. The van der Waals surface area contributed by atoms with Gasteiger partial charge in [0.25, 0.3) is 0 Å². The minimum absolute atomic E-state index is 0.147. The number of rotatable bonds is 3. The molecule has 0 bridgehead atoms. The van der Waals surface area contributed by atoms with Crippen LogP contribution in [-0.2, 0) is 4.79 Å². The Labute approximate surface area is 204 Å². The molecule has 1 saturated heterocycles. The molecule has 1 aromatic heterocycles. The average molecular weight is 509 g/mol. The van der Waals surface area contributed by atoms with Gasteiger partial charge in [0.2, 0.25) is 0 Å². The van der Waals surface area contributed by atoms with Crippen LogP contribution in [0.15, 0.2) is 54.7 Å². The molecule has 3 N–H and O–H groups in total. The number of carboxylic acid groups (broad SMARTS) is 1. The van der Waals surface area contributed by atoms with Crippen molar-refractivity contribution >= 4 is 45.9 Å². The third-order valence-corrected chi connectivity index (χ3v) is 5.64. The first-order valence-electron chi connectivity index (χ1n) is 10.8. The predicted octanol–water partition coefficient (Wildman–Crippen LogP) is 5.62. The SMILES string of the molecule is Cc1ccc(NC(=O)NC2CCN(c3ccnc4cc(Cl)ccc34)CC2)cc1.O=C(O)C(F)(F)F. The fourth-order valence-corrected chi connectivity index (χ4v) is 3.80. The lowest BCUT2D eigenvalue weighted by atomic mass is 10.0. The summed E-state index contributed by atoms with van der Waals surface area (Å²) in [6, 6.07) is 15.7. The van der Waals surface area contributed by atoms with E-state index in [-0.39, 0.29) is 12.1 Å². The van der Waals surface area contributed by atoms with Crippen LogP contribution in [0.1, 0.15) is 18.4 Å². The fourth-order valence-electron chi connectivity index (χ4n) is 3.64. The number of aryl methyl sites for hydroxylation is 1. The molecule has 0 saturated carbocycles. The van der Waals surface area contributed by atoms with Crippen LogP contribution in [0.25, 0.3) is 10.9 Å². The van der Waals surface area contributed by atoms with Crippen molar-refractivity contribution in [2.24, 2.45) is 0 Å². The zero-order valence-electron chi connectivity index (χ0n) is 18.8. The molecule has 186 valence electrons.